The van der Waals surface area contributed by atoms with E-state index >= 15 is 0 Å². The molecule has 0 unspecified atom stereocenters. The standard InChI is InChI=1S/C17H26N4O3/c1-6-20(11-16(23-4)24-5)17(22)18-14-7-8-15-13(9-14)10-21(19-15)12(2)3/h7-10,12,16H,6,11H2,1-5H3,(H,18,22). The van der Waals surface area contributed by atoms with Gasteiger partial charge in [-0.1, -0.05) is 0 Å². The second kappa shape index (κ2) is 8.12. The molecule has 1 heterocycles. The van der Waals surface area contributed by atoms with Gasteiger partial charge in [-0.15, -0.1) is 0 Å². The van der Waals surface area contributed by atoms with Crippen molar-refractivity contribution >= 4 is 22.6 Å². The highest BCUT2D eigenvalue weighted by Gasteiger charge is 2.17. The van der Waals surface area contributed by atoms with Crippen molar-refractivity contribution in [1.82, 2.24) is 14.7 Å². The molecule has 2 amide bonds. The number of methoxy groups -OCH3 is 2. The first-order valence-electron chi connectivity index (χ1n) is 8.08. The number of anilines is 1. The van der Waals surface area contributed by atoms with E-state index in [0.29, 0.717) is 19.1 Å². The van der Waals surface area contributed by atoms with Gasteiger partial charge < -0.3 is 19.7 Å². The van der Waals surface area contributed by atoms with Crippen LogP contribution in [0.1, 0.15) is 26.8 Å². The molecular weight excluding hydrogens is 308 g/mol. The Morgan fingerprint density at radius 3 is 2.62 bits per heavy atom. The summed E-state index contributed by atoms with van der Waals surface area (Å²) in [4.78, 5) is 14.1. The second-order valence-electron chi connectivity index (χ2n) is 5.85. The fourth-order valence-corrected chi connectivity index (χ4v) is 2.37. The summed E-state index contributed by atoms with van der Waals surface area (Å²) in [6.45, 7) is 6.99. The Bertz CT molecular complexity index is 680. The van der Waals surface area contributed by atoms with Crippen LogP contribution in [0.4, 0.5) is 10.5 Å². The van der Waals surface area contributed by atoms with Crippen LogP contribution in [0.2, 0.25) is 0 Å². The number of benzene rings is 1. The van der Waals surface area contributed by atoms with Gasteiger partial charge in [0.05, 0.1) is 12.1 Å². The van der Waals surface area contributed by atoms with Crippen molar-refractivity contribution in [2.45, 2.75) is 33.1 Å². The van der Waals surface area contributed by atoms with E-state index in [2.05, 4.69) is 24.3 Å². The first-order valence-corrected chi connectivity index (χ1v) is 8.08. The Morgan fingerprint density at radius 2 is 2.04 bits per heavy atom. The predicted molar refractivity (Wildman–Crippen MR) is 94.2 cm³/mol. The zero-order valence-corrected chi connectivity index (χ0v) is 14.9. The van der Waals surface area contributed by atoms with Crippen LogP contribution in [-0.4, -0.2) is 54.3 Å². The van der Waals surface area contributed by atoms with Gasteiger partial charge in [0.15, 0.2) is 6.29 Å². The third kappa shape index (κ3) is 4.24. The molecule has 0 saturated carbocycles. The highest BCUT2D eigenvalue weighted by molar-refractivity contribution is 5.92. The summed E-state index contributed by atoms with van der Waals surface area (Å²) in [5.74, 6) is 0. The van der Waals surface area contributed by atoms with Crippen LogP contribution in [0.25, 0.3) is 10.9 Å². The Balaban J connectivity index is 2.10. The summed E-state index contributed by atoms with van der Waals surface area (Å²) < 4.78 is 12.2. The van der Waals surface area contributed by atoms with Crippen LogP contribution in [-0.2, 0) is 9.47 Å². The number of rotatable bonds is 7. The molecule has 7 nitrogen and oxygen atoms in total. The topological polar surface area (TPSA) is 68.6 Å². The van der Waals surface area contributed by atoms with Crippen molar-refractivity contribution in [1.29, 1.82) is 0 Å². The minimum absolute atomic E-state index is 0.188. The number of hydrogen-bond acceptors (Lipinski definition) is 4. The molecule has 1 aromatic heterocycles. The number of ether oxygens (including phenoxy) is 2. The molecule has 132 valence electrons. The lowest BCUT2D eigenvalue weighted by molar-refractivity contribution is -0.110. The summed E-state index contributed by atoms with van der Waals surface area (Å²) in [5.41, 5.74) is 1.65. The van der Waals surface area contributed by atoms with E-state index in [-0.39, 0.29) is 6.03 Å². The lowest BCUT2D eigenvalue weighted by atomic mass is 10.2. The number of urea groups is 1. The summed E-state index contributed by atoms with van der Waals surface area (Å²) in [7, 11) is 3.11. The number of nitrogens with one attached hydrogen (secondary N) is 1. The number of hydrogen-bond donors (Lipinski definition) is 1. The van der Waals surface area contributed by atoms with Crippen LogP contribution in [0.3, 0.4) is 0 Å². The van der Waals surface area contributed by atoms with Crippen molar-refractivity contribution < 1.29 is 14.3 Å². The minimum Gasteiger partial charge on any atom is -0.354 e. The average Bonchev–Trinajstić information content (AvgIpc) is 2.99. The molecule has 0 spiro atoms. The van der Waals surface area contributed by atoms with Crippen molar-refractivity contribution in [3.05, 3.63) is 24.4 Å². The van der Waals surface area contributed by atoms with Gasteiger partial charge >= 0.3 is 6.03 Å². The quantitative estimate of drug-likeness (QED) is 0.790. The molecule has 2 aromatic rings. The molecule has 0 radical (unpaired) electrons. The zero-order valence-electron chi connectivity index (χ0n) is 14.9. The molecule has 0 atom stereocenters. The first kappa shape index (κ1) is 18.2. The van der Waals surface area contributed by atoms with E-state index in [9.17, 15) is 4.79 Å². The van der Waals surface area contributed by atoms with E-state index in [4.69, 9.17) is 9.47 Å². The van der Waals surface area contributed by atoms with Crippen LogP contribution in [0, 0.1) is 0 Å². The third-order valence-electron chi connectivity index (χ3n) is 3.87. The number of fused-ring (bicyclic) bond motifs is 1. The zero-order chi connectivity index (χ0) is 17.7. The van der Waals surface area contributed by atoms with E-state index < -0.39 is 6.29 Å². The third-order valence-corrected chi connectivity index (χ3v) is 3.87. The predicted octanol–water partition coefficient (Wildman–Crippen LogP) is 3.09. The normalized spacial score (nSPS) is 11.5. The number of aromatic nitrogens is 2. The van der Waals surface area contributed by atoms with Gasteiger partial charge in [-0.3, -0.25) is 4.68 Å². The molecule has 7 heteroatoms. The lowest BCUT2D eigenvalue weighted by Crippen LogP contribution is -2.41. The Kier molecular flexibility index (Phi) is 6.16. The molecular formula is C17H26N4O3. The van der Waals surface area contributed by atoms with Crippen LogP contribution in [0.15, 0.2) is 24.4 Å². The first-order chi connectivity index (χ1) is 11.5. The molecule has 1 aromatic carbocycles. The average molecular weight is 334 g/mol. The van der Waals surface area contributed by atoms with Crippen LogP contribution >= 0.6 is 0 Å². The maximum atomic E-state index is 12.4. The van der Waals surface area contributed by atoms with E-state index in [1.807, 2.05) is 36.0 Å². The molecule has 0 bridgehead atoms. The van der Waals surface area contributed by atoms with Gasteiger partial charge in [0.1, 0.15) is 0 Å². The number of likely N-dealkylation sites (N-methyl/N-ethyl adjacent to an activating group) is 1. The second-order valence-corrected chi connectivity index (χ2v) is 5.85. The van der Waals surface area contributed by atoms with Crippen molar-refractivity contribution in [2.75, 3.05) is 32.6 Å². The van der Waals surface area contributed by atoms with Crippen molar-refractivity contribution in [2.24, 2.45) is 0 Å². The molecule has 0 aliphatic rings. The van der Waals surface area contributed by atoms with Crippen molar-refractivity contribution in [3.8, 4) is 0 Å². The van der Waals surface area contributed by atoms with Crippen molar-refractivity contribution in [3.63, 3.8) is 0 Å². The van der Waals surface area contributed by atoms with E-state index in [1.165, 1.54) is 0 Å². The molecule has 0 saturated heterocycles. The SMILES string of the molecule is CCN(CC(OC)OC)C(=O)Nc1ccc2nn(C(C)C)cc2c1. The maximum absolute atomic E-state index is 12.4. The Labute approximate surface area is 142 Å². The minimum atomic E-state index is -0.442. The number of carbonyl (C=O) groups is 1. The van der Waals surface area contributed by atoms with Gasteiger partial charge in [0.2, 0.25) is 0 Å². The lowest BCUT2D eigenvalue weighted by Gasteiger charge is -2.25. The fourth-order valence-electron chi connectivity index (χ4n) is 2.37. The van der Waals surface area contributed by atoms with Gasteiger partial charge in [0.25, 0.3) is 0 Å². The maximum Gasteiger partial charge on any atom is 0.322 e. The molecule has 0 aliphatic carbocycles. The Hall–Kier alpha value is -2.12. The molecule has 0 fully saturated rings. The molecule has 0 aliphatic heterocycles. The van der Waals surface area contributed by atoms with Crippen LogP contribution < -0.4 is 5.32 Å². The number of nitrogens with zero attached hydrogens (tertiary/aromatic N) is 3. The largest absolute Gasteiger partial charge is 0.354 e. The monoisotopic (exact) mass is 334 g/mol. The summed E-state index contributed by atoms with van der Waals surface area (Å²) in [6, 6.07) is 5.80. The number of carbonyl (C=O) groups excluding carboxylic acids is 1. The van der Waals surface area contributed by atoms with E-state index in [0.717, 1.165) is 16.6 Å². The number of amides is 2. The summed E-state index contributed by atoms with van der Waals surface area (Å²) in [5, 5.41) is 8.42. The summed E-state index contributed by atoms with van der Waals surface area (Å²) in [6.07, 6.45) is 1.54. The van der Waals surface area contributed by atoms with E-state index in [1.54, 1.807) is 19.1 Å². The highest BCUT2D eigenvalue weighted by Crippen LogP contribution is 2.20. The molecule has 1 N–H and O–H groups in total. The summed E-state index contributed by atoms with van der Waals surface area (Å²) >= 11 is 0. The van der Waals surface area contributed by atoms with Gasteiger partial charge in [0, 0.05) is 44.1 Å². The van der Waals surface area contributed by atoms with Gasteiger partial charge in [-0.2, -0.15) is 5.10 Å². The van der Waals surface area contributed by atoms with Gasteiger partial charge in [-0.05, 0) is 39.0 Å². The van der Waals surface area contributed by atoms with Gasteiger partial charge in [-0.25, -0.2) is 4.79 Å². The fraction of sp³-hybridized carbons (Fsp3) is 0.529. The molecule has 2 rings (SSSR count). The Morgan fingerprint density at radius 1 is 1.33 bits per heavy atom. The smallest absolute Gasteiger partial charge is 0.322 e. The highest BCUT2D eigenvalue weighted by atomic mass is 16.7. The molecule has 24 heavy (non-hydrogen) atoms. The van der Waals surface area contributed by atoms with Crippen LogP contribution in [0.5, 0.6) is 0 Å².